The van der Waals surface area contributed by atoms with E-state index in [1.807, 2.05) is 12.1 Å². The molecule has 1 rings (SSSR count). The highest BCUT2D eigenvalue weighted by Crippen LogP contribution is 2.11. The van der Waals surface area contributed by atoms with Crippen molar-refractivity contribution in [3.63, 3.8) is 0 Å². The van der Waals surface area contributed by atoms with Gasteiger partial charge in [0, 0.05) is 13.6 Å². The molecule has 0 spiro atoms. The van der Waals surface area contributed by atoms with Crippen molar-refractivity contribution < 1.29 is 8.78 Å². The van der Waals surface area contributed by atoms with Gasteiger partial charge in [-0.2, -0.15) is 0 Å². The summed E-state index contributed by atoms with van der Waals surface area (Å²) < 4.78 is 24.6. The predicted molar refractivity (Wildman–Crippen MR) is 70.1 cm³/mol. The smallest absolute Gasteiger partial charge is 0.255 e. The van der Waals surface area contributed by atoms with Crippen LogP contribution in [0.25, 0.3) is 0 Å². The van der Waals surface area contributed by atoms with Crippen molar-refractivity contribution >= 4 is 5.82 Å². The Morgan fingerprint density at radius 2 is 2.06 bits per heavy atom. The highest BCUT2D eigenvalue weighted by molar-refractivity contribution is 5.38. The highest BCUT2D eigenvalue weighted by Gasteiger charge is 2.09. The maximum atomic E-state index is 12.3. The van der Waals surface area contributed by atoms with Crippen LogP contribution in [0.2, 0.25) is 0 Å². The zero-order chi connectivity index (χ0) is 13.5. The number of alkyl halides is 2. The molecule has 0 fully saturated rings. The van der Waals surface area contributed by atoms with Crippen molar-refractivity contribution in [2.45, 2.75) is 26.8 Å². The number of nitrogens with zero attached hydrogens (tertiary/aromatic N) is 2. The second kappa shape index (κ2) is 7.26. The molecule has 1 aromatic heterocycles. The predicted octanol–water partition coefficient (Wildman–Crippen LogP) is 2.53. The number of halogens is 2. The Morgan fingerprint density at radius 3 is 2.67 bits per heavy atom. The standard InChI is InChI=1S/C13H21F2N3/c1-10(2)7-16-8-11-5-4-6-13(17-11)18(3)9-12(14)15/h4-6,10,12,16H,7-9H2,1-3H3. The Bertz CT molecular complexity index is 356. The molecule has 0 saturated heterocycles. The first-order chi connectivity index (χ1) is 8.49. The lowest BCUT2D eigenvalue weighted by molar-refractivity contribution is 0.156. The summed E-state index contributed by atoms with van der Waals surface area (Å²) in [6.07, 6.45) is -2.35. The van der Waals surface area contributed by atoms with E-state index in [4.69, 9.17) is 0 Å². The third-order valence-corrected chi connectivity index (χ3v) is 2.45. The molecule has 0 unspecified atom stereocenters. The van der Waals surface area contributed by atoms with E-state index >= 15 is 0 Å². The lowest BCUT2D eigenvalue weighted by Crippen LogP contribution is -2.25. The van der Waals surface area contributed by atoms with Crippen LogP contribution in [0.5, 0.6) is 0 Å². The minimum absolute atomic E-state index is 0.296. The van der Waals surface area contributed by atoms with Crippen LogP contribution in [-0.2, 0) is 6.54 Å². The monoisotopic (exact) mass is 257 g/mol. The molecule has 102 valence electrons. The van der Waals surface area contributed by atoms with Gasteiger partial charge in [-0.05, 0) is 24.6 Å². The van der Waals surface area contributed by atoms with Crippen molar-refractivity contribution in [1.82, 2.24) is 10.3 Å². The summed E-state index contributed by atoms with van der Waals surface area (Å²) in [5.74, 6) is 1.16. The Labute approximate surface area is 107 Å². The summed E-state index contributed by atoms with van der Waals surface area (Å²) >= 11 is 0. The normalized spacial score (nSPS) is 11.3. The van der Waals surface area contributed by atoms with Gasteiger partial charge in [-0.25, -0.2) is 13.8 Å². The molecule has 1 aromatic rings. The van der Waals surface area contributed by atoms with Gasteiger partial charge in [-0.3, -0.25) is 0 Å². The van der Waals surface area contributed by atoms with Crippen LogP contribution in [0.4, 0.5) is 14.6 Å². The van der Waals surface area contributed by atoms with E-state index in [-0.39, 0.29) is 6.54 Å². The highest BCUT2D eigenvalue weighted by atomic mass is 19.3. The molecule has 0 bridgehead atoms. The summed E-state index contributed by atoms with van der Waals surface area (Å²) in [4.78, 5) is 5.82. The van der Waals surface area contributed by atoms with E-state index in [1.165, 1.54) is 4.90 Å². The fourth-order valence-electron chi connectivity index (χ4n) is 1.57. The van der Waals surface area contributed by atoms with Gasteiger partial charge in [0.25, 0.3) is 6.43 Å². The summed E-state index contributed by atoms with van der Waals surface area (Å²) in [6.45, 7) is 5.55. The fourth-order valence-corrected chi connectivity index (χ4v) is 1.57. The van der Waals surface area contributed by atoms with Crippen molar-refractivity contribution in [1.29, 1.82) is 0 Å². The molecule has 0 atom stereocenters. The van der Waals surface area contributed by atoms with Gasteiger partial charge in [-0.15, -0.1) is 0 Å². The van der Waals surface area contributed by atoms with E-state index < -0.39 is 6.43 Å². The third-order valence-electron chi connectivity index (χ3n) is 2.45. The lowest BCUT2D eigenvalue weighted by Gasteiger charge is -2.18. The lowest BCUT2D eigenvalue weighted by atomic mass is 10.2. The minimum atomic E-state index is -2.35. The second-order valence-corrected chi connectivity index (χ2v) is 4.78. The molecule has 0 aromatic carbocycles. The molecule has 0 aliphatic rings. The summed E-state index contributed by atoms with van der Waals surface area (Å²) in [7, 11) is 1.62. The van der Waals surface area contributed by atoms with Gasteiger partial charge in [0.2, 0.25) is 0 Å². The number of nitrogens with one attached hydrogen (secondary N) is 1. The molecular formula is C13H21F2N3. The average molecular weight is 257 g/mol. The van der Waals surface area contributed by atoms with Gasteiger partial charge >= 0.3 is 0 Å². The van der Waals surface area contributed by atoms with Crippen molar-refractivity contribution in [3.8, 4) is 0 Å². The van der Waals surface area contributed by atoms with E-state index in [9.17, 15) is 8.78 Å². The second-order valence-electron chi connectivity index (χ2n) is 4.78. The molecular weight excluding hydrogens is 236 g/mol. The van der Waals surface area contributed by atoms with Crippen LogP contribution in [0.1, 0.15) is 19.5 Å². The molecule has 0 radical (unpaired) electrons. The number of aromatic nitrogens is 1. The fraction of sp³-hybridized carbons (Fsp3) is 0.615. The summed E-state index contributed by atoms with van der Waals surface area (Å²) in [5, 5.41) is 3.28. The van der Waals surface area contributed by atoms with Crippen LogP contribution in [-0.4, -0.2) is 31.5 Å². The number of rotatable bonds is 7. The van der Waals surface area contributed by atoms with E-state index in [0.29, 0.717) is 18.3 Å². The van der Waals surface area contributed by atoms with Crippen molar-refractivity contribution in [3.05, 3.63) is 23.9 Å². The molecule has 0 aliphatic carbocycles. The third kappa shape index (κ3) is 5.40. The Morgan fingerprint density at radius 1 is 1.33 bits per heavy atom. The van der Waals surface area contributed by atoms with Gasteiger partial charge < -0.3 is 10.2 Å². The molecule has 1 heterocycles. The topological polar surface area (TPSA) is 28.2 Å². The van der Waals surface area contributed by atoms with Crippen LogP contribution >= 0.6 is 0 Å². The van der Waals surface area contributed by atoms with Crippen molar-refractivity contribution in [2.24, 2.45) is 5.92 Å². The van der Waals surface area contributed by atoms with Crippen molar-refractivity contribution in [2.75, 3.05) is 25.0 Å². The quantitative estimate of drug-likeness (QED) is 0.813. The van der Waals surface area contributed by atoms with Gasteiger partial charge in [-0.1, -0.05) is 19.9 Å². The SMILES string of the molecule is CC(C)CNCc1cccc(N(C)CC(F)F)n1. The Kier molecular flexibility index (Phi) is 5.98. The van der Waals surface area contributed by atoms with Gasteiger partial charge in [0.1, 0.15) is 5.82 Å². The maximum absolute atomic E-state index is 12.3. The first-order valence-corrected chi connectivity index (χ1v) is 6.15. The van der Waals surface area contributed by atoms with Gasteiger partial charge in [0.15, 0.2) is 0 Å². The molecule has 5 heteroatoms. The van der Waals surface area contributed by atoms with Crippen LogP contribution in [0.15, 0.2) is 18.2 Å². The molecule has 0 amide bonds. The number of hydrogen-bond acceptors (Lipinski definition) is 3. The average Bonchev–Trinajstić information content (AvgIpc) is 2.28. The largest absolute Gasteiger partial charge is 0.354 e. The molecule has 0 saturated carbocycles. The number of anilines is 1. The van der Waals surface area contributed by atoms with E-state index in [1.54, 1.807) is 13.1 Å². The maximum Gasteiger partial charge on any atom is 0.255 e. The van der Waals surface area contributed by atoms with E-state index in [2.05, 4.69) is 24.1 Å². The van der Waals surface area contributed by atoms with Gasteiger partial charge in [0.05, 0.1) is 12.2 Å². The first kappa shape index (κ1) is 14.8. The Balaban J connectivity index is 2.56. The number of hydrogen-bond donors (Lipinski definition) is 1. The van der Waals surface area contributed by atoms with Crippen LogP contribution in [0, 0.1) is 5.92 Å². The molecule has 0 aliphatic heterocycles. The zero-order valence-corrected chi connectivity index (χ0v) is 11.2. The zero-order valence-electron chi connectivity index (χ0n) is 11.2. The molecule has 3 nitrogen and oxygen atoms in total. The molecule has 18 heavy (non-hydrogen) atoms. The van der Waals surface area contributed by atoms with E-state index in [0.717, 1.165) is 12.2 Å². The Hall–Kier alpha value is -1.23. The number of pyridine rings is 1. The molecule has 1 N–H and O–H groups in total. The first-order valence-electron chi connectivity index (χ1n) is 6.15. The minimum Gasteiger partial charge on any atom is -0.354 e. The summed E-state index contributed by atoms with van der Waals surface area (Å²) in [5.41, 5.74) is 0.870. The summed E-state index contributed by atoms with van der Waals surface area (Å²) in [6, 6.07) is 5.48. The van der Waals surface area contributed by atoms with Crippen LogP contribution < -0.4 is 10.2 Å². The van der Waals surface area contributed by atoms with Crippen LogP contribution in [0.3, 0.4) is 0 Å².